The van der Waals surface area contributed by atoms with Crippen molar-refractivity contribution in [2.75, 3.05) is 0 Å². The number of allylic oxidation sites excluding steroid dienone is 1. The highest BCUT2D eigenvalue weighted by atomic mass is 16.1. The van der Waals surface area contributed by atoms with Gasteiger partial charge in [0.1, 0.15) is 0 Å². The van der Waals surface area contributed by atoms with Crippen LogP contribution in [0.3, 0.4) is 0 Å². The van der Waals surface area contributed by atoms with Crippen LogP contribution in [0.15, 0.2) is 30.5 Å². The van der Waals surface area contributed by atoms with Gasteiger partial charge >= 0.3 is 0 Å². The molecule has 0 aliphatic heterocycles. The van der Waals surface area contributed by atoms with Crippen molar-refractivity contribution in [3.63, 3.8) is 0 Å². The fraction of sp³-hybridized carbons (Fsp3) is 0.444. The van der Waals surface area contributed by atoms with Gasteiger partial charge in [0.05, 0.1) is 0 Å². The van der Waals surface area contributed by atoms with E-state index in [2.05, 4.69) is 12.2 Å². The lowest BCUT2D eigenvalue weighted by molar-refractivity contribution is 0.0919. The Hall–Kier alpha value is -2.10. The second kappa shape index (κ2) is 7.78. The van der Waals surface area contributed by atoms with Gasteiger partial charge in [-0.05, 0) is 43.4 Å². The van der Waals surface area contributed by atoms with Crippen molar-refractivity contribution in [1.82, 2.24) is 5.32 Å². The zero-order chi connectivity index (χ0) is 15.9. The molecule has 4 heteroatoms. The largest absolute Gasteiger partial charge is 0.404 e. The Balaban J connectivity index is 2.06. The summed E-state index contributed by atoms with van der Waals surface area (Å²) in [4.78, 5) is 12.4. The molecule has 0 bridgehead atoms. The maximum atomic E-state index is 12.4. The quantitative estimate of drug-likeness (QED) is 0.729. The molecule has 2 rings (SSSR count). The standard InChI is InChI=1S/C18H25N3O/c1-13(14-6-3-2-4-7-14)21-18(22)16-9-5-8-15(10-16)17(11-19)12-20/h5,8-14,19H,2-4,6-7,20H2,1H3,(H,21,22). The smallest absolute Gasteiger partial charge is 0.251 e. The zero-order valence-electron chi connectivity index (χ0n) is 13.1. The molecule has 1 aliphatic rings. The van der Waals surface area contributed by atoms with E-state index in [-0.39, 0.29) is 11.9 Å². The fourth-order valence-corrected chi connectivity index (χ4v) is 3.11. The summed E-state index contributed by atoms with van der Waals surface area (Å²) in [5, 5.41) is 10.5. The molecule has 1 atom stereocenters. The van der Waals surface area contributed by atoms with E-state index < -0.39 is 0 Å². The molecule has 1 aromatic carbocycles. The summed E-state index contributed by atoms with van der Waals surface area (Å²) in [6.07, 6.45) is 8.84. The predicted molar refractivity (Wildman–Crippen MR) is 90.9 cm³/mol. The van der Waals surface area contributed by atoms with Gasteiger partial charge in [-0.2, -0.15) is 0 Å². The number of carbonyl (C=O) groups excluding carboxylic acids is 1. The first-order valence-corrected chi connectivity index (χ1v) is 7.99. The second-order valence-corrected chi connectivity index (χ2v) is 6.01. The molecule has 22 heavy (non-hydrogen) atoms. The van der Waals surface area contributed by atoms with Gasteiger partial charge in [0.2, 0.25) is 0 Å². The van der Waals surface area contributed by atoms with Crippen LogP contribution in [-0.4, -0.2) is 18.2 Å². The summed E-state index contributed by atoms with van der Waals surface area (Å²) in [5.74, 6) is 0.531. The molecule has 0 saturated heterocycles. The van der Waals surface area contributed by atoms with Gasteiger partial charge in [-0.15, -0.1) is 0 Å². The zero-order valence-corrected chi connectivity index (χ0v) is 13.1. The fourth-order valence-electron chi connectivity index (χ4n) is 3.11. The Labute approximate surface area is 132 Å². The summed E-state index contributed by atoms with van der Waals surface area (Å²) in [5.41, 5.74) is 7.51. The van der Waals surface area contributed by atoms with Gasteiger partial charge in [0.25, 0.3) is 5.91 Å². The van der Waals surface area contributed by atoms with Gasteiger partial charge in [0, 0.05) is 29.6 Å². The lowest BCUT2D eigenvalue weighted by Crippen LogP contribution is -2.38. The van der Waals surface area contributed by atoms with Crippen LogP contribution < -0.4 is 11.1 Å². The highest BCUT2D eigenvalue weighted by Gasteiger charge is 2.21. The molecule has 118 valence electrons. The molecule has 1 fully saturated rings. The number of nitrogens with two attached hydrogens (primary N) is 1. The molecule has 1 unspecified atom stereocenters. The van der Waals surface area contributed by atoms with E-state index in [1.165, 1.54) is 44.5 Å². The van der Waals surface area contributed by atoms with Crippen molar-refractivity contribution >= 4 is 17.7 Å². The first kappa shape index (κ1) is 16.3. The lowest BCUT2D eigenvalue weighted by Gasteiger charge is -2.28. The van der Waals surface area contributed by atoms with Gasteiger partial charge in [0.15, 0.2) is 0 Å². The molecule has 0 heterocycles. The van der Waals surface area contributed by atoms with Crippen molar-refractivity contribution in [2.24, 2.45) is 11.7 Å². The third-order valence-corrected chi connectivity index (χ3v) is 4.51. The molecular weight excluding hydrogens is 274 g/mol. The van der Waals surface area contributed by atoms with Crippen LogP contribution in [0.5, 0.6) is 0 Å². The minimum absolute atomic E-state index is 0.0544. The second-order valence-electron chi connectivity index (χ2n) is 6.01. The topological polar surface area (TPSA) is 79.0 Å². The summed E-state index contributed by atoms with van der Waals surface area (Å²) in [6.45, 7) is 2.10. The van der Waals surface area contributed by atoms with Crippen molar-refractivity contribution in [2.45, 2.75) is 45.1 Å². The average Bonchev–Trinajstić information content (AvgIpc) is 2.57. The molecule has 4 N–H and O–H groups in total. The Morgan fingerprint density at radius 2 is 2.00 bits per heavy atom. The maximum Gasteiger partial charge on any atom is 0.251 e. The van der Waals surface area contributed by atoms with Gasteiger partial charge < -0.3 is 16.5 Å². The minimum atomic E-state index is -0.0544. The first-order valence-electron chi connectivity index (χ1n) is 7.99. The number of hydrogen-bond donors (Lipinski definition) is 3. The number of hydrogen-bond acceptors (Lipinski definition) is 3. The minimum Gasteiger partial charge on any atom is -0.404 e. The van der Waals surface area contributed by atoms with Gasteiger partial charge in [-0.1, -0.05) is 31.4 Å². The molecule has 0 spiro atoms. The summed E-state index contributed by atoms with van der Waals surface area (Å²) >= 11 is 0. The Bertz CT molecular complexity index is 559. The molecule has 1 aromatic rings. The van der Waals surface area contributed by atoms with Crippen LogP contribution in [0.4, 0.5) is 0 Å². The van der Waals surface area contributed by atoms with Crippen molar-refractivity contribution < 1.29 is 4.79 Å². The number of rotatable bonds is 5. The Morgan fingerprint density at radius 3 is 2.64 bits per heavy atom. The summed E-state index contributed by atoms with van der Waals surface area (Å²) in [7, 11) is 0. The maximum absolute atomic E-state index is 12.4. The molecule has 0 radical (unpaired) electrons. The van der Waals surface area contributed by atoms with Gasteiger partial charge in [-0.3, -0.25) is 4.79 Å². The number of benzene rings is 1. The van der Waals surface area contributed by atoms with Crippen molar-refractivity contribution in [3.05, 3.63) is 41.6 Å². The van der Waals surface area contributed by atoms with E-state index >= 15 is 0 Å². The van der Waals surface area contributed by atoms with E-state index in [1.54, 1.807) is 12.1 Å². The number of carbonyl (C=O) groups is 1. The summed E-state index contributed by atoms with van der Waals surface area (Å²) < 4.78 is 0. The lowest BCUT2D eigenvalue weighted by atomic mass is 9.84. The third-order valence-electron chi connectivity index (χ3n) is 4.51. The van der Waals surface area contributed by atoms with E-state index in [1.807, 2.05) is 12.1 Å². The average molecular weight is 299 g/mol. The van der Waals surface area contributed by atoms with Crippen LogP contribution in [0.25, 0.3) is 5.57 Å². The Morgan fingerprint density at radius 1 is 1.32 bits per heavy atom. The normalized spacial score (nSPS) is 17.8. The molecule has 4 nitrogen and oxygen atoms in total. The predicted octanol–water partition coefficient (Wildman–Crippen LogP) is 3.33. The van der Waals surface area contributed by atoms with Crippen LogP contribution >= 0.6 is 0 Å². The summed E-state index contributed by atoms with van der Waals surface area (Å²) in [6, 6.07) is 7.45. The highest BCUT2D eigenvalue weighted by Crippen LogP contribution is 2.26. The van der Waals surface area contributed by atoms with E-state index in [9.17, 15) is 4.79 Å². The van der Waals surface area contributed by atoms with Crippen LogP contribution in [0, 0.1) is 11.3 Å². The van der Waals surface area contributed by atoms with E-state index in [4.69, 9.17) is 11.1 Å². The van der Waals surface area contributed by atoms with Crippen LogP contribution in [0.2, 0.25) is 0 Å². The highest BCUT2D eigenvalue weighted by molar-refractivity contribution is 6.09. The molecule has 1 amide bonds. The van der Waals surface area contributed by atoms with E-state index in [0.29, 0.717) is 17.1 Å². The first-order chi connectivity index (χ1) is 10.7. The molecule has 1 saturated carbocycles. The molecular formula is C18H25N3O. The SMILES string of the molecule is CC(NC(=O)c1cccc(C(C=N)=CN)c1)C1CCCCC1. The van der Waals surface area contributed by atoms with Crippen molar-refractivity contribution in [3.8, 4) is 0 Å². The van der Waals surface area contributed by atoms with E-state index in [0.717, 1.165) is 5.56 Å². The monoisotopic (exact) mass is 299 g/mol. The molecule has 1 aliphatic carbocycles. The van der Waals surface area contributed by atoms with Crippen LogP contribution in [-0.2, 0) is 0 Å². The third kappa shape index (κ3) is 3.97. The van der Waals surface area contributed by atoms with Crippen molar-refractivity contribution in [1.29, 1.82) is 5.41 Å². The Kier molecular flexibility index (Phi) is 5.75. The van der Waals surface area contributed by atoms with Crippen LogP contribution in [0.1, 0.15) is 54.9 Å². The number of amides is 1. The van der Waals surface area contributed by atoms with Gasteiger partial charge in [-0.25, -0.2) is 0 Å². The molecule has 0 aromatic heterocycles. The number of nitrogens with one attached hydrogen (secondary N) is 2.